The molecule has 0 amide bonds. The van der Waals surface area contributed by atoms with Crippen molar-refractivity contribution in [3.05, 3.63) is 0 Å². The van der Waals surface area contributed by atoms with Crippen molar-refractivity contribution in [1.29, 1.82) is 0 Å². The normalized spacial score (nSPS) is 24.2. The Kier molecular flexibility index (Phi) is 4.72. The molecule has 1 aliphatic carbocycles. The Morgan fingerprint density at radius 2 is 1.53 bits per heavy atom. The third kappa shape index (κ3) is 2.71. The van der Waals surface area contributed by atoms with Crippen molar-refractivity contribution in [3.8, 4) is 0 Å². The molecule has 0 nitrogen and oxygen atoms in total. The Balaban J connectivity index is 2.88. The average molecular weight is 238 g/mol. The summed E-state index contributed by atoms with van der Waals surface area (Å²) < 4.78 is 0. The van der Waals surface area contributed by atoms with Gasteiger partial charge in [-0.1, -0.05) is 67.7 Å². The zero-order valence-electron chi connectivity index (χ0n) is 13.3. The van der Waals surface area contributed by atoms with E-state index in [2.05, 4.69) is 48.5 Å². The molecule has 1 aliphatic rings. The van der Waals surface area contributed by atoms with E-state index in [-0.39, 0.29) is 0 Å². The average Bonchev–Trinajstić information content (AvgIpc) is 3.09. The van der Waals surface area contributed by atoms with Gasteiger partial charge < -0.3 is 0 Å². The van der Waals surface area contributed by atoms with Crippen molar-refractivity contribution in [2.24, 2.45) is 28.6 Å². The second-order valence-corrected chi connectivity index (χ2v) is 7.21. The first-order valence-corrected chi connectivity index (χ1v) is 7.85. The summed E-state index contributed by atoms with van der Waals surface area (Å²) in [7, 11) is 0. The molecule has 0 heteroatoms. The van der Waals surface area contributed by atoms with Crippen LogP contribution in [0.3, 0.4) is 0 Å². The van der Waals surface area contributed by atoms with Gasteiger partial charge in [-0.3, -0.25) is 0 Å². The highest BCUT2D eigenvalue weighted by Gasteiger charge is 2.56. The monoisotopic (exact) mass is 238 g/mol. The van der Waals surface area contributed by atoms with Crippen LogP contribution in [0.15, 0.2) is 0 Å². The van der Waals surface area contributed by atoms with E-state index in [9.17, 15) is 0 Å². The minimum Gasteiger partial charge on any atom is -0.0651 e. The van der Waals surface area contributed by atoms with E-state index in [1.54, 1.807) is 0 Å². The smallest absolute Gasteiger partial charge is 0.0236 e. The highest BCUT2D eigenvalue weighted by atomic mass is 14.6. The lowest BCUT2D eigenvalue weighted by atomic mass is 9.61. The van der Waals surface area contributed by atoms with Gasteiger partial charge in [0.15, 0.2) is 0 Å². The van der Waals surface area contributed by atoms with Crippen molar-refractivity contribution in [2.75, 3.05) is 0 Å². The van der Waals surface area contributed by atoms with Crippen LogP contribution in [-0.2, 0) is 0 Å². The lowest BCUT2D eigenvalue weighted by molar-refractivity contribution is 0.0519. The van der Waals surface area contributed by atoms with Crippen LogP contribution in [0.25, 0.3) is 0 Å². The van der Waals surface area contributed by atoms with Gasteiger partial charge >= 0.3 is 0 Å². The van der Waals surface area contributed by atoms with Crippen LogP contribution in [0.2, 0.25) is 0 Å². The van der Waals surface area contributed by atoms with Crippen molar-refractivity contribution < 1.29 is 0 Å². The fraction of sp³-hybridized carbons (Fsp3) is 1.00. The van der Waals surface area contributed by atoms with E-state index in [0.29, 0.717) is 10.8 Å². The zero-order valence-corrected chi connectivity index (χ0v) is 13.3. The molecule has 3 unspecified atom stereocenters. The standard InChI is InChI=1S/C17H34/c1-8-13(4)14(5)17(11-12-17)15(9-2)16(6,7)10-3/h13-15H,8-12H2,1-7H3. The summed E-state index contributed by atoms with van der Waals surface area (Å²) in [6, 6.07) is 0. The van der Waals surface area contributed by atoms with Crippen LogP contribution < -0.4 is 0 Å². The third-order valence-electron chi connectivity index (χ3n) is 6.19. The van der Waals surface area contributed by atoms with Crippen LogP contribution in [0.5, 0.6) is 0 Å². The van der Waals surface area contributed by atoms with Gasteiger partial charge in [-0.05, 0) is 41.4 Å². The molecule has 0 aliphatic heterocycles. The lowest BCUT2D eigenvalue weighted by Crippen LogP contribution is -2.36. The molecule has 17 heavy (non-hydrogen) atoms. The van der Waals surface area contributed by atoms with Gasteiger partial charge in [0.2, 0.25) is 0 Å². The highest BCUT2D eigenvalue weighted by molar-refractivity contribution is 5.05. The molecule has 1 rings (SSSR count). The summed E-state index contributed by atoms with van der Waals surface area (Å²) >= 11 is 0. The minimum atomic E-state index is 0.521. The number of hydrogen-bond donors (Lipinski definition) is 0. The molecular formula is C17H34. The maximum atomic E-state index is 2.52. The Morgan fingerprint density at radius 3 is 1.82 bits per heavy atom. The molecule has 0 aromatic heterocycles. The largest absolute Gasteiger partial charge is 0.0651 e. The van der Waals surface area contributed by atoms with Crippen LogP contribution in [0.1, 0.15) is 80.6 Å². The predicted molar refractivity (Wildman–Crippen MR) is 78.1 cm³/mol. The first-order valence-electron chi connectivity index (χ1n) is 7.85. The van der Waals surface area contributed by atoms with Crippen molar-refractivity contribution in [3.63, 3.8) is 0 Å². The Morgan fingerprint density at radius 1 is 1.00 bits per heavy atom. The van der Waals surface area contributed by atoms with E-state index >= 15 is 0 Å². The molecule has 0 bridgehead atoms. The topological polar surface area (TPSA) is 0 Å². The SMILES string of the molecule is CCC(C)C(C)C1(C(CC)C(C)(C)CC)CC1. The molecule has 0 heterocycles. The Labute approximate surface area is 110 Å². The summed E-state index contributed by atoms with van der Waals surface area (Å²) in [6.07, 6.45) is 6.99. The maximum absolute atomic E-state index is 2.52. The van der Waals surface area contributed by atoms with Gasteiger partial charge in [0, 0.05) is 0 Å². The first-order chi connectivity index (χ1) is 7.85. The molecule has 102 valence electrons. The second-order valence-electron chi connectivity index (χ2n) is 7.21. The fourth-order valence-electron chi connectivity index (χ4n) is 4.17. The highest BCUT2D eigenvalue weighted by Crippen LogP contribution is 2.65. The van der Waals surface area contributed by atoms with Gasteiger partial charge in [-0.25, -0.2) is 0 Å². The minimum absolute atomic E-state index is 0.521. The van der Waals surface area contributed by atoms with E-state index < -0.39 is 0 Å². The molecule has 1 saturated carbocycles. The van der Waals surface area contributed by atoms with Gasteiger partial charge in [-0.15, -0.1) is 0 Å². The van der Waals surface area contributed by atoms with E-state index in [1.807, 2.05) is 0 Å². The molecule has 0 aromatic carbocycles. The van der Waals surface area contributed by atoms with Gasteiger partial charge in [0.1, 0.15) is 0 Å². The molecule has 1 fully saturated rings. The fourth-order valence-corrected chi connectivity index (χ4v) is 4.17. The summed E-state index contributed by atoms with van der Waals surface area (Å²) in [4.78, 5) is 0. The van der Waals surface area contributed by atoms with Gasteiger partial charge in [-0.2, -0.15) is 0 Å². The van der Waals surface area contributed by atoms with Crippen LogP contribution >= 0.6 is 0 Å². The lowest BCUT2D eigenvalue weighted by Gasteiger charge is -2.44. The molecule has 0 radical (unpaired) electrons. The molecule has 0 aromatic rings. The molecule has 0 spiro atoms. The van der Waals surface area contributed by atoms with E-state index in [0.717, 1.165) is 17.8 Å². The Bertz CT molecular complexity index is 234. The maximum Gasteiger partial charge on any atom is -0.0236 e. The van der Waals surface area contributed by atoms with E-state index in [1.165, 1.54) is 32.1 Å². The van der Waals surface area contributed by atoms with Crippen molar-refractivity contribution in [2.45, 2.75) is 80.6 Å². The third-order valence-corrected chi connectivity index (χ3v) is 6.19. The molecule has 0 N–H and O–H groups in total. The van der Waals surface area contributed by atoms with Gasteiger partial charge in [0.25, 0.3) is 0 Å². The Hall–Kier alpha value is 0. The molecule has 0 saturated heterocycles. The van der Waals surface area contributed by atoms with Crippen LogP contribution in [0, 0.1) is 28.6 Å². The molecule has 3 atom stereocenters. The van der Waals surface area contributed by atoms with Crippen LogP contribution in [0.4, 0.5) is 0 Å². The summed E-state index contributed by atoms with van der Waals surface area (Å²) in [5, 5.41) is 0. The molecular weight excluding hydrogens is 204 g/mol. The van der Waals surface area contributed by atoms with Gasteiger partial charge in [0.05, 0.1) is 0 Å². The quantitative estimate of drug-likeness (QED) is 0.517. The number of hydrogen-bond acceptors (Lipinski definition) is 0. The first kappa shape index (κ1) is 15.1. The van der Waals surface area contributed by atoms with E-state index in [4.69, 9.17) is 0 Å². The zero-order chi connectivity index (χ0) is 13.3. The van der Waals surface area contributed by atoms with Crippen molar-refractivity contribution in [1.82, 2.24) is 0 Å². The number of rotatable bonds is 7. The summed E-state index contributed by atoms with van der Waals surface area (Å²) in [5.41, 5.74) is 1.21. The summed E-state index contributed by atoms with van der Waals surface area (Å²) in [5.74, 6) is 2.71. The van der Waals surface area contributed by atoms with Crippen LogP contribution in [-0.4, -0.2) is 0 Å². The predicted octanol–water partition coefficient (Wildman–Crippen LogP) is 5.91. The van der Waals surface area contributed by atoms with Crippen molar-refractivity contribution >= 4 is 0 Å². The second kappa shape index (κ2) is 5.33. The summed E-state index contributed by atoms with van der Waals surface area (Å²) in [6.45, 7) is 17.1.